The van der Waals surface area contributed by atoms with Crippen LogP contribution in [0.3, 0.4) is 0 Å². The molecule has 1 N–H and O–H groups in total. The van der Waals surface area contributed by atoms with Gasteiger partial charge < -0.3 is 10.0 Å². The van der Waals surface area contributed by atoms with E-state index in [4.69, 9.17) is 0 Å². The number of anilines is 1. The molecule has 0 saturated carbocycles. The second-order valence-electron chi connectivity index (χ2n) is 5.42. The Balaban J connectivity index is 1.95. The standard InChI is InChI=1S/C17H19N3O2S/c1-2-7-19-8-10-20(11-9-19)14-5-3-4-13(17(21)22)15(14)16-18-6-12-23-16/h2-6,12H,1,7-11H2,(H,21,22). The first kappa shape index (κ1) is 15.7. The van der Waals surface area contributed by atoms with Gasteiger partial charge in [0, 0.05) is 55.6 Å². The van der Waals surface area contributed by atoms with E-state index in [1.165, 1.54) is 11.3 Å². The smallest absolute Gasteiger partial charge is 0.336 e. The fourth-order valence-corrected chi connectivity index (χ4v) is 3.61. The summed E-state index contributed by atoms with van der Waals surface area (Å²) in [5.41, 5.74) is 2.00. The summed E-state index contributed by atoms with van der Waals surface area (Å²) >= 11 is 1.47. The van der Waals surface area contributed by atoms with Crippen molar-refractivity contribution in [2.45, 2.75) is 0 Å². The van der Waals surface area contributed by atoms with Crippen molar-refractivity contribution in [1.29, 1.82) is 0 Å². The number of nitrogens with zero attached hydrogens (tertiary/aromatic N) is 3. The Hall–Kier alpha value is -2.18. The minimum atomic E-state index is -0.914. The highest BCUT2D eigenvalue weighted by Gasteiger charge is 2.23. The van der Waals surface area contributed by atoms with Gasteiger partial charge in [0.05, 0.1) is 5.56 Å². The van der Waals surface area contributed by atoms with Crippen LogP contribution < -0.4 is 4.90 Å². The maximum absolute atomic E-state index is 11.6. The number of hydrogen-bond donors (Lipinski definition) is 1. The number of carboxylic acids is 1. The topological polar surface area (TPSA) is 56.7 Å². The first-order valence-electron chi connectivity index (χ1n) is 7.55. The van der Waals surface area contributed by atoms with Crippen LogP contribution >= 0.6 is 11.3 Å². The van der Waals surface area contributed by atoms with Gasteiger partial charge in [-0.25, -0.2) is 9.78 Å². The molecule has 1 aromatic heterocycles. The minimum absolute atomic E-state index is 0.311. The summed E-state index contributed by atoms with van der Waals surface area (Å²) in [6, 6.07) is 5.45. The lowest BCUT2D eigenvalue weighted by Gasteiger charge is -2.36. The maximum Gasteiger partial charge on any atom is 0.336 e. The molecule has 0 radical (unpaired) electrons. The Labute approximate surface area is 139 Å². The van der Waals surface area contributed by atoms with Gasteiger partial charge in [0.2, 0.25) is 0 Å². The van der Waals surface area contributed by atoms with Gasteiger partial charge in [-0.1, -0.05) is 12.1 Å². The van der Waals surface area contributed by atoms with Crippen LogP contribution in [-0.2, 0) is 0 Å². The van der Waals surface area contributed by atoms with Gasteiger partial charge in [0.1, 0.15) is 5.01 Å². The van der Waals surface area contributed by atoms with Crippen LogP contribution in [0.1, 0.15) is 10.4 Å². The van der Waals surface area contributed by atoms with Gasteiger partial charge in [0.15, 0.2) is 0 Å². The third-order valence-corrected chi connectivity index (χ3v) is 4.81. The zero-order chi connectivity index (χ0) is 16.2. The van der Waals surface area contributed by atoms with Crippen molar-refractivity contribution in [3.05, 3.63) is 48.0 Å². The summed E-state index contributed by atoms with van der Waals surface area (Å²) in [6.07, 6.45) is 3.63. The SMILES string of the molecule is C=CCN1CCN(c2cccc(C(=O)O)c2-c2nccs2)CC1. The normalized spacial score (nSPS) is 15.6. The van der Waals surface area contributed by atoms with Crippen LogP contribution in [0.4, 0.5) is 5.69 Å². The number of carbonyl (C=O) groups is 1. The maximum atomic E-state index is 11.6. The first-order valence-corrected chi connectivity index (χ1v) is 8.43. The molecule has 120 valence electrons. The van der Waals surface area contributed by atoms with Crippen LogP contribution in [0.15, 0.2) is 42.4 Å². The van der Waals surface area contributed by atoms with Crippen molar-refractivity contribution in [1.82, 2.24) is 9.88 Å². The largest absolute Gasteiger partial charge is 0.478 e. The zero-order valence-electron chi connectivity index (χ0n) is 12.8. The lowest BCUT2D eigenvalue weighted by atomic mass is 10.0. The molecule has 1 saturated heterocycles. The fourth-order valence-electron chi connectivity index (χ4n) is 2.91. The Morgan fingerprint density at radius 1 is 1.35 bits per heavy atom. The highest BCUT2D eigenvalue weighted by atomic mass is 32.1. The van der Waals surface area contributed by atoms with Gasteiger partial charge in [-0.2, -0.15) is 0 Å². The van der Waals surface area contributed by atoms with Gasteiger partial charge >= 0.3 is 5.97 Å². The lowest BCUT2D eigenvalue weighted by Crippen LogP contribution is -2.46. The first-order chi connectivity index (χ1) is 11.2. The highest BCUT2D eigenvalue weighted by Crippen LogP contribution is 2.35. The average molecular weight is 329 g/mol. The van der Waals surface area contributed by atoms with E-state index in [1.807, 2.05) is 23.6 Å². The van der Waals surface area contributed by atoms with Gasteiger partial charge in [-0.15, -0.1) is 17.9 Å². The number of rotatable bonds is 5. The van der Waals surface area contributed by atoms with E-state index < -0.39 is 5.97 Å². The van der Waals surface area contributed by atoms with Gasteiger partial charge in [0.25, 0.3) is 0 Å². The zero-order valence-corrected chi connectivity index (χ0v) is 13.6. The molecule has 1 aromatic carbocycles. The molecule has 3 rings (SSSR count). The summed E-state index contributed by atoms with van der Waals surface area (Å²) in [5.74, 6) is -0.914. The summed E-state index contributed by atoms with van der Waals surface area (Å²) < 4.78 is 0. The molecule has 0 atom stereocenters. The van der Waals surface area contributed by atoms with Crippen LogP contribution in [0.5, 0.6) is 0 Å². The molecule has 1 fully saturated rings. The molecular formula is C17H19N3O2S. The molecule has 0 unspecified atom stereocenters. The Kier molecular flexibility index (Phi) is 4.73. The number of hydrogen-bond acceptors (Lipinski definition) is 5. The van der Waals surface area contributed by atoms with Crippen molar-refractivity contribution in [2.24, 2.45) is 0 Å². The average Bonchev–Trinajstić information content (AvgIpc) is 3.09. The van der Waals surface area contributed by atoms with E-state index in [0.717, 1.165) is 49.0 Å². The second kappa shape index (κ2) is 6.93. The predicted octanol–water partition coefficient (Wildman–Crippen LogP) is 2.82. The molecule has 2 heterocycles. The molecule has 1 aliphatic rings. The Bertz CT molecular complexity index is 692. The summed E-state index contributed by atoms with van der Waals surface area (Å²) in [5, 5.41) is 12.2. The number of aromatic nitrogens is 1. The monoisotopic (exact) mass is 329 g/mol. The molecule has 0 amide bonds. The van der Waals surface area contributed by atoms with Crippen molar-refractivity contribution < 1.29 is 9.90 Å². The number of aromatic carboxylic acids is 1. The number of carboxylic acid groups (broad SMARTS) is 1. The fraction of sp³-hybridized carbons (Fsp3) is 0.294. The minimum Gasteiger partial charge on any atom is -0.478 e. The van der Waals surface area contributed by atoms with Crippen molar-refractivity contribution in [2.75, 3.05) is 37.6 Å². The van der Waals surface area contributed by atoms with Gasteiger partial charge in [-0.05, 0) is 12.1 Å². The molecule has 5 nitrogen and oxygen atoms in total. The van der Waals surface area contributed by atoms with E-state index in [9.17, 15) is 9.90 Å². The van der Waals surface area contributed by atoms with E-state index >= 15 is 0 Å². The molecule has 2 aromatic rings. The lowest BCUT2D eigenvalue weighted by molar-refractivity contribution is 0.0697. The summed E-state index contributed by atoms with van der Waals surface area (Å²) in [6.45, 7) is 8.31. The molecule has 1 aliphatic heterocycles. The van der Waals surface area contributed by atoms with E-state index in [2.05, 4.69) is 21.4 Å². The molecule has 0 aliphatic carbocycles. The van der Waals surface area contributed by atoms with Crippen LogP contribution in [0.25, 0.3) is 10.6 Å². The van der Waals surface area contributed by atoms with E-state index in [-0.39, 0.29) is 0 Å². The quantitative estimate of drug-likeness (QED) is 0.855. The summed E-state index contributed by atoms with van der Waals surface area (Å²) in [7, 11) is 0. The summed E-state index contributed by atoms with van der Waals surface area (Å²) in [4.78, 5) is 20.6. The number of thiazole rings is 1. The highest BCUT2D eigenvalue weighted by molar-refractivity contribution is 7.13. The molecule has 23 heavy (non-hydrogen) atoms. The van der Waals surface area contributed by atoms with Crippen molar-refractivity contribution >= 4 is 23.0 Å². The third-order valence-electron chi connectivity index (χ3n) is 4.02. The molecule has 0 spiro atoms. The second-order valence-corrected chi connectivity index (χ2v) is 6.31. The van der Waals surface area contributed by atoms with Crippen molar-refractivity contribution in [3.63, 3.8) is 0 Å². The number of benzene rings is 1. The van der Waals surface area contributed by atoms with E-state index in [1.54, 1.807) is 12.3 Å². The third kappa shape index (κ3) is 3.28. The number of piperazine rings is 1. The van der Waals surface area contributed by atoms with E-state index in [0.29, 0.717) is 5.56 Å². The molecule has 6 heteroatoms. The van der Waals surface area contributed by atoms with Gasteiger partial charge in [-0.3, -0.25) is 4.90 Å². The van der Waals surface area contributed by atoms with Crippen molar-refractivity contribution in [3.8, 4) is 10.6 Å². The molecule has 0 bridgehead atoms. The predicted molar refractivity (Wildman–Crippen MR) is 93.4 cm³/mol. The molecular weight excluding hydrogens is 310 g/mol. The van der Waals surface area contributed by atoms with Crippen LogP contribution in [-0.4, -0.2) is 53.7 Å². The Morgan fingerprint density at radius 3 is 2.74 bits per heavy atom. The van der Waals surface area contributed by atoms with Crippen LogP contribution in [0, 0.1) is 0 Å². The van der Waals surface area contributed by atoms with Crippen LogP contribution in [0.2, 0.25) is 0 Å². The Morgan fingerprint density at radius 2 is 2.13 bits per heavy atom.